The van der Waals surface area contributed by atoms with E-state index in [1.54, 1.807) is 0 Å². The number of carbonyl (C=O) groups excluding carboxylic acids is 2. The van der Waals surface area contributed by atoms with Crippen LogP contribution < -0.4 is 0 Å². The lowest BCUT2D eigenvalue weighted by Gasteiger charge is -2.36. The van der Waals surface area contributed by atoms with Crippen LogP contribution in [0.5, 0.6) is 0 Å². The Kier molecular flexibility index (Phi) is 5.82. The Morgan fingerprint density at radius 1 is 1.35 bits per heavy atom. The third-order valence-corrected chi connectivity index (χ3v) is 2.37. The molecule has 8 nitrogen and oxygen atoms in total. The van der Waals surface area contributed by atoms with E-state index in [1.807, 2.05) is 20.8 Å². The van der Waals surface area contributed by atoms with Crippen LogP contribution >= 0.6 is 0 Å². The van der Waals surface area contributed by atoms with Crippen LogP contribution in [0.2, 0.25) is 0 Å². The van der Waals surface area contributed by atoms with Gasteiger partial charge in [-0.2, -0.15) is 4.79 Å². The van der Waals surface area contributed by atoms with Gasteiger partial charge in [-0.05, 0) is 0 Å². The van der Waals surface area contributed by atoms with Gasteiger partial charge in [0, 0.05) is 5.41 Å². The normalized spacial score (nSPS) is 22.6. The zero-order chi connectivity index (χ0) is 15.2. The van der Waals surface area contributed by atoms with E-state index in [1.165, 1.54) is 0 Å². The van der Waals surface area contributed by atoms with Gasteiger partial charge in [0.05, 0.1) is 13.2 Å². The molecule has 8 heteroatoms. The Morgan fingerprint density at radius 2 is 1.95 bits per heavy atom. The lowest BCUT2D eigenvalue weighted by atomic mass is 9.95. The first-order valence-corrected chi connectivity index (χ1v) is 6.10. The minimum Gasteiger partial charge on any atom is -0.455 e. The minimum absolute atomic E-state index is 0.159. The molecule has 1 fully saturated rings. The van der Waals surface area contributed by atoms with E-state index in [4.69, 9.17) is 19.7 Å². The van der Waals surface area contributed by atoms with E-state index < -0.39 is 24.6 Å². The maximum absolute atomic E-state index is 11.4. The molecule has 0 N–H and O–H groups in total. The van der Waals surface area contributed by atoms with Gasteiger partial charge >= 0.3 is 18.2 Å². The van der Waals surface area contributed by atoms with Crippen molar-refractivity contribution >= 4 is 18.2 Å². The smallest absolute Gasteiger partial charge is 0.414 e. The first-order chi connectivity index (χ1) is 9.32. The average Bonchev–Trinajstić information content (AvgIpc) is 2.36. The summed E-state index contributed by atoms with van der Waals surface area (Å²) in [4.78, 5) is 24.7. The fourth-order valence-electron chi connectivity index (χ4n) is 1.49. The number of ether oxygens (including phenoxy) is 4. The van der Waals surface area contributed by atoms with Crippen LogP contribution in [0.15, 0.2) is 0 Å². The van der Waals surface area contributed by atoms with Gasteiger partial charge in [-0.25, -0.2) is 9.59 Å². The number of rotatable bonds is 4. The van der Waals surface area contributed by atoms with Gasteiger partial charge in [-0.15, -0.1) is 0 Å². The number of hydrogen-bond acceptors (Lipinski definition) is 6. The Bertz CT molecular complexity index is 403. The molecule has 0 spiro atoms. The molecule has 0 bridgehead atoms. The Balaban J connectivity index is 2.28. The van der Waals surface area contributed by atoms with Crippen LogP contribution in [0.25, 0.3) is 5.53 Å². The van der Waals surface area contributed by atoms with Crippen molar-refractivity contribution in [2.24, 2.45) is 5.41 Å². The molecule has 1 heterocycles. The molecule has 0 aromatic carbocycles. The second-order valence-electron chi connectivity index (χ2n) is 5.33. The van der Waals surface area contributed by atoms with E-state index in [2.05, 4.69) is 9.53 Å². The van der Waals surface area contributed by atoms with E-state index in [-0.39, 0.29) is 24.9 Å². The lowest BCUT2D eigenvalue weighted by Crippen LogP contribution is -2.44. The summed E-state index contributed by atoms with van der Waals surface area (Å²) in [6.45, 7) is 5.81. The highest BCUT2D eigenvalue weighted by Gasteiger charge is 2.33. The summed E-state index contributed by atoms with van der Waals surface area (Å²) in [5, 5.41) is 0. The van der Waals surface area contributed by atoms with Gasteiger partial charge in [0.1, 0.15) is 6.10 Å². The minimum atomic E-state index is -0.937. The molecule has 0 saturated carbocycles. The molecule has 0 atom stereocenters. The van der Waals surface area contributed by atoms with Crippen LogP contribution in [0.4, 0.5) is 0 Å². The van der Waals surface area contributed by atoms with Gasteiger partial charge in [0.2, 0.25) is 0 Å². The van der Waals surface area contributed by atoms with Gasteiger partial charge in [-0.1, -0.05) is 20.8 Å². The van der Waals surface area contributed by atoms with E-state index in [0.29, 0.717) is 6.21 Å². The second-order valence-corrected chi connectivity index (χ2v) is 5.33. The summed E-state index contributed by atoms with van der Waals surface area (Å²) >= 11 is 0. The molecular formula is C12H18N2O6. The van der Waals surface area contributed by atoms with E-state index in [9.17, 15) is 9.59 Å². The molecule has 0 aromatic rings. The van der Waals surface area contributed by atoms with E-state index >= 15 is 0 Å². The summed E-state index contributed by atoms with van der Waals surface area (Å²) < 4.78 is 20.4. The quantitative estimate of drug-likeness (QED) is 0.315. The van der Waals surface area contributed by atoms with Gasteiger partial charge in [0.25, 0.3) is 0 Å². The van der Waals surface area contributed by atoms with Crippen molar-refractivity contribution in [3.8, 4) is 0 Å². The van der Waals surface area contributed by atoms with Crippen LogP contribution in [0, 0.1) is 5.41 Å². The molecule has 0 aromatic heterocycles. The summed E-state index contributed by atoms with van der Waals surface area (Å²) in [5.41, 5.74) is 7.91. The Labute approximate surface area is 116 Å². The largest absolute Gasteiger partial charge is 0.455 e. The first kappa shape index (κ1) is 16.3. The standard InChI is InChI=1S/C12H18N2O6/c1-12(2,3)11-18-5-8(6-19-11)20-10(16)7-17-9(15)4-14-13/h4,8,11H,5-7H2,1-3H3. The predicted molar refractivity (Wildman–Crippen MR) is 65.7 cm³/mol. The van der Waals surface area contributed by atoms with E-state index in [0.717, 1.165) is 0 Å². The highest BCUT2D eigenvalue weighted by molar-refractivity contribution is 6.20. The molecular weight excluding hydrogens is 268 g/mol. The van der Waals surface area contributed by atoms with Crippen molar-refractivity contribution < 1.29 is 33.3 Å². The maximum atomic E-state index is 11.4. The molecule has 1 aliphatic heterocycles. The van der Waals surface area contributed by atoms with Crippen LogP contribution in [-0.4, -0.2) is 55.2 Å². The summed E-state index contributed by atoms with van der Waals surface area (Å²) in [5.74, 6) is -1.66. The summed E-state index contributed by atoms with van der Waals surface area (Å²) in [7, 11) is 0. The molecule has 0 amide bonds. The monoisotopic (exact) mass is 286 g/mol. The first-order valence-electron chi connectivity index (χ1n) is 6.10. The number of carbonyl (C=O) groups is 2. The zero-order valence-corrected chi connectivity index (χ0v) is 11.7. The van der Waals surface area contributed by atoms with Crippen LogP contribution in [0.3, 0.4) is 0 Å². The molecule has 0 aliphatic carbocycles. The topological polar surface area (TPSA) is 107 Å². The third kappa shape index (κ3) is 5.48. The van der Waals surface area contributed by atoms with Crippen LogP contribution in [0.1, 0.15) is 20.8 Å². The van der Waals surface area contributed by atoms with Gasteiger partial charge < -0.3 is 24.5 Å². The Morgan fingerprint density at radius 3 is 2.45 bits per heavy atom. The number of esters is 2. The third-order valence-electron chi connectivity index (χ3n) is 2.37. The van der Waals surface area contributed by atoms with Crippen LogP contribution in [-0.2, 0) is 28.5 Å². The molecule has 1 rings (SSSR count). The van der Waals surface area contributed by atoms with Crippen molar-refractivity contribution in [1.29, 1.82) is 0 Å². The highest BCUT2D eigenvalue weighted by Crippen LogP contribution is 2.26. The predicted octanol–water partition coefficient (Wildman–Crippen LogP) is 0.161. The molecule has 0 unspecified atom stereocenters. The fraction of sp³-hybridized carbons (Fsp3) is 0.750. The van der Waals surface area contributed by atoms with Crippen molar-refractivity contribution in [2.75, 3.05) is 19.8 Å². The lowest BCUT2D eigenvalue weighted by molar-refractivity contribution is -0.258. The number of hydrogen-bond donors (Lipinski definition) is 0. The summed E-state index contributed by atoms with van der Waals surface area (Å²) in [6.07, 6.45) is -0.351. The van der Waals surface area contributed by atoms with Crippen molar-refractivity contribution in [3.05, 3.63) is 5.53 Å². The second kappa shape index (κ2) is 7.14. The Hall–Kier alpha value is -1.76. The summed E-state index contributed by atoms with van der Waals surface area (Å²) in [6, 6.07) is 0. The fourth-order valence-corrected chi connectivity index (χ4v) is 1.49. The maximum Gasteiger partial charge on any atom is 0.414 e. The van der Waals surface area contributed by atoms with Gasteiger partial charge in [0.15, 0.2) is 12.9 Å². The number of nitrogens with zero attached hydrogens (tertiary/aromatic N) is 2. The highest BCUT2D eigenvalue weighted by atomic mass is 16.7. The average molecular weight is 286 g/mol. The molecule has 20 heavy (non-hydrogen) atoms. The molecule has 1 aliphatic rings. The van der Waals surface area contributed by atoms with Crippen molar-refractivity contribution in [3.63, 3.8) is 0 Å². The molecule has 0 radical (unpaired) electrons. The zero-order valence-electron chi connectivity index (χ0n) is 11.7. The van der Waals surface area contributed by atoms with Crippen molar-refractivity contribution in [2.45, 2.75) is 33.2 Å². The van der Waals surface area contributed by atoms with Gasteiger partial charge in [-0.3, -0.25) is 0 Å². The van der Waals surface area contributed by atoms with Crippen molar-refractivity contribution in [1.82, 2.24) is 0 Å². The molecule has 1 saturated heterocycles. The SMILES string of the molecule is CC(C)(C)C1OCC(OC(=O)COC(=O)C=[N+]=[N-])CO1. The molecule has 112 valence electrons.